The molecule has 0 heterocycles. The van der Waals surface area contributed by atoms with E-state index < -0.39 is 33.8 Å². The van der Waals surface area contributed by atoms with E-state index >= 15 is 0 Å². The number of hydrogen-bond acceptors (Lipinski definition) is 5. The molecule has 0 aromatic heterocycles. The number of ether oxygens (including phenoxy) is 1. The van der Waals surface area contributed by atoms with Crippen molar-refractivity contribution in [2.45, 2.75) is 37.7 Å². The summed E-state index contributed by atoms with van der Waals surface area (Å²) in [6.45, 7) is 5.07. The molecule has 2 aromatic carbocycles. The number of carbonyl (C=O) groups excluding carboxylic acids is 2. The Morgan fingerprint density at radius 1 is 1.00 bits per heavy atom. The fourth-order valence-electron chi connectivity index (χ4n) is 2.30. The van der Waals surface area contributed by atoms with Crippen molar-refractivity contribution in [2.75, 3.05) is 3.33 Å². The lowest BCUT2D eigenvalue weighted by Gasteiger charge is -2.20. The number of nitrogens with zero attached hydrogens (tertiary/aromatic N) is 1. The molecular formula is C19H20BrNO5S. The van der Waals surface area contributed by atoms with Gasteiger partial charge in [-0.25, -0.2) is 8.42 Å². The molecule has 0 saturated heterocycles. The molecule has 0 N–H and O–H groups in total. The van der Waals surface area contributed by atoms with Gasteiger partial charge in [0.25, 0.3) is 10.0 Å². The van der Waals surface area contributed by atoms with Gasteiger partial charge >= 0.3 is 5.97 Å². The van der Waals surface area contributed by atoms with Gasteiger partial charge in [-0.1, -0.05) is 36.4 Å². The van der Waals surface area contributed by atoms with Crippen LogP contribution in [0.2, 0.25) is 0 Å². The summed E-state index contributed by atoms with van der Waals surface area (Å²) < 4.78 is 32.0. The monoisotopic (exact) mass is 453 g/mol. The number of sulfonamides is 1. The minimum Gasteiger partial charge on any atom is -0.460 e. The van der Waals surface area contributed by atoms with E-state index in [1.54, 1.807) is 57.2 Å². The summed E-state index contributed by atoms with van der Waals surface area (Å²) in [5.74, 6) is -1.34. The van der Waals surface area contributed by atoms with Crippen molar-refractivity contribution in [3.05, 3.63) is 60.2 Å². The van der Waals surface area contributed by atoms with Crippen LogP contribution in [0, 0.1) is 0 Å². The molecule has 0 fully saturated rings. The van der Waals surface area contributed by atoms with Crippen LogP contribution in [0.5, 0.6) is 0 Å². The molecule has 8 heteroatoms. The summed E-state index contributed by atoms with van der Waals surface area (Å²) in [7, 11) is -4.06. The minimum absolute atomic E-state index is 0.0660. The summed E-state index contributed by atoms with van der Waals surface area (Å²) in [5.41, 5.74) is -0.418. The second-order valence-electron chi connectivity index (χ2n) is 6.74. The second kappa shape index (κ2) is 8.22. The molecule has 0 spiro atoms. The van der Waals surface area contributed by atoms with Crippen LogP contribution in [0.25, 0.3) is 0 Å². The van der Waals surface area contributed by atoms with E-state index in [0.717, 1.165) is 3.33 Å². The Hall–Kier alpha value is -2.19. The highest BCUT2D eigenvalue weighted by molar-refractivity contribution is 9.11. The molecular weight excluding hydrogens is 434 g/mol. The molecule has 2 aromatic rings. The van der Waals surface area contributed by atoms with Gasteiger partial charge in [0, 0.05) is 5.56 Å². The highest BCUT2D eigenvalue weighted by Gasteiger charge is 2.29. The number of rotatable bonds is 6. The number of ketones is 1. The summed E-state index contributed by atoms with van der Waals surface area (Å²) in [4.78, 5) is 24.3. The smallest absolute Gasteiger partial charge is 0.314 e. The van der Waals surface area contributed by atoms with Crippen LogP contribution in [-0.2, 0) is 19.6 Å². The lowest BCUT2D eigenvalue weighted by molar-refractivity contribution is -0.153. The van der Waals surface area contributed by atoms with Gasteiger partial charge in [0.15, 0.2) is 5.78 Å². The number of halogens is 1. The number of carbonyl (C=O) groups is 2. The zero-order chi connectivity index (χ0) is 20.2. The Bertz CT molecular complexity index is 936. The molecule has 144 valence electrons. The number of esters is 1. The van der Waals surface area contributed by atoms with E-state index in [1.165, 1.54) is 18.2 Å². The van der Waals surface area contributed by atoms with Crippen LogP contribution in [0.1, 0.15) is 37.6 Å². The van der Waals surface area contributed by atoms with Crippen molar-refractivity contribution < 1.29 is 22.7 Å². The molecule has 27 heavy (non-hydrogen) atoms. The molecule has 0 radical (unpaired) electrons. The maximum absolute atomic E-state index is 13.0. The van der Waals surface area contributed by atoms with Gasteiger partial charge < -0.3 is 4.74 Å². The predicted molar refractivity (Wildman–Crippen MR) is 106 cm³/mol. The molecule has 0 saturated carbocycles. The second-order valence-corrected chi connectivity index (χ2v) is 9.67. The largest absolute Gasteiger partial charge is 0.460 e. The molecule has 2 rings (SSSR count). The first-order chi connectivity index (χ1) is 12.5. The Morgan fingerprint density at radius 2 is 1.56 bits per heavy atom. The van der Waals surface area contributed by atoms with Gasteiger partial charge in [-0.15, -0.1) is 0 Å². The Kier molecular flexibility index (Phi) is 6.43. The summed E-state index contributed by atoms with van der Waals surface area (Å²) >= 11 is 3.06. The Labute approximate surface area is 167 Å². The highest BCUT2D eigenvalue weighted by atomic mass is 79.9. The van der Waals surface area contributed by atoms with Crippen LogP contribution < -0.4 is 3.33 Å². The maximum Gasteiger partial charge on any atom is 0.314 e. The summed E-state index contributed by atoms with van der Waals surface area (Å²) in [6.07, 6.45) is -0.544. The number of hydrogen-bond donors (Lipinski definition) is 0. The van der Waals surface area contributed by atoms with E-state index in [4.69, 9.17) is 4.74 Å². The highest BCUT2D eigenvalue weighted by Crippen LogP contribution is 2.29. The minimum atomic E-state index is -4.06. The SMILES string of the molecule is CC(C)(C)OC(=O)CC(=O)c1ccccc1S(=O)(=O)N(Br)c1ccccc1. The third kappa shape index (κ3) is 5.40. The average Bonchev–Trinajstić information content (AvgIpc) is 2.60. The molecule has 0 amide bonds. The van der Waals surface area contributed by atoms with Crippen LogP contribution >= 0.6 is 16.1 Å². The van der Waals surface area contributed by atoms with Crippen LogP contribution in [0.4, 0.5) is 5.69 Å². The molecule has 0 aliphatic heterocycles. The molecule has 0 unspecified atom stereocenters. The first-order valence-electron chi connectivity index (χ1n) is 8.12. The summed E-state index contributed by atoms with van der Waals surface area (Å²) in [6, 6.07) is 14.1. The van der Waals surface area contributed by atoms with Crippen molar-refractivity contribution in [2.24, 2.45) is 0 Å². The molecule has 0 aliphatic rings. The van der Waals surface area contributed by atoms with Crippen molar-refractivity contribution in [3.8, 4) is 0 Å². The lowest BCUT2D eigenvalue weighted by atomic mass is 10.1. The van der Waals surface area contributed by atoms with Gasteiger partial charge in [0.05, 0.1) is 26.7 Å². The van der Waals surface area contributed by atoms with E-state index in [-0.39, 0.29) is 10.5 Å². The van der Waals surface area contributed by atoms with Gasteiger partial charge in [-0.05, 0) is 39.0 Å². The molecule has 0 bridgehead atoms. The van der Waals surface area contributed by atoms with E-state index in [0.29, 0.717) is 5.69 Å². The van der Waals surface area contributed by atoms with Crippen molar-refractivity contribution in [3.63, 3.8) is 0 Å². The van der Waals surface area contributed by atoms with Crippen molar-refractivity contribution in [1.82, 2.24) is 0 Å². The van der Waals surface area contributed by atoms with Gasteiger partial charge in [0.2, 0.25) is 0 Å². The Balaban J connectivity index is 2.34. The standard InChI is InChI=1S/C19H20BrNO5S/c1-19(2,3)26-18(23)13-16(22)15-11-7-8-12-17(15)27(24,25)21(20)14-9-5-4-6-10-14/h4-12H,13H2,1-3H3. The topological polar surface area (TPSA) is 80.8 Å². The third-order valence-electron chi connectivity index (χ3n) is 3.36. The Morgan fingerprint density at radius 3 is 2.15 bits per heavy atom. The molecule has 0 atom stereocenters. The van der Waals surface area contributed by atoms with Crippen LogP contribution in [-0.4, -0.2) is 25.8 Å². The lowest BCUT2D eigenvalue weighted by Crippen LogP contribution is -2.26. The average molecular weight is 454 g/mol. The van der Waals surface area contributed by atoms with Gasteiger partial charge in [-0.2, -0.15) is 3.33 Å². The zero-order valence-corrected chi connectivity index (χ0v) is 17.6. The van der Waals surface area contributed by atoms with Crippen molar-refractivity contribution >= 4 is 43.6 Å². The van der Waals surface area contributed by atoms with Crippen LogP contribution in [0.15, 0.2) is 59.5 Å². The fraction of sp³-hybridized carbons (Fsp3) is 0.263. The first-order valence-corrected chi connectivity index (χ1v) is 10.3. The quantitative estimate of drug-likeness (QED) is 0.284. The molecule has 0 aliphatic carbocycles. The number of anilines is 1. The first kappa shape index (κ1) is 21.1. The zero-order valence-electron chi connectivity index (χ0n) is 15.2. The maximum atomic E-state index is 13.0. The number of Topliss-reactive ketones (excluding diaryl/α,β-unsaturated/α-hetero) is 1. The fourth-order valence-corrected chi connectivity index (χ4v) is 4.28. The van der Waals surface area contributed by atoms with Gasteiger partial charge in [-0.3, -0.25) is 9.59 Å². The number of para-hydroxylation sites is 1. The van der Waals surface area contributed by atoms with Crippen molar-refractivity contribution in [1.29, 1.82) is 0 Å². The summed E-state index contributed by atoms with van der Waals surface area (Å²) in [5, 5.41) is 0. The third-order valence-corrected chi connectivity index (χ3v) is 6.46. The van der Waals surface area contributed by atoms with E-state index in [2.05, 4.69) is 16.1 Å². The number of benzene rings is 2. The normalized spacial score (nSPS) is 11.7. The van der Waals surface area contributed by atoms with E-state index in [9.17, 15) is 18.0 Å². The molecule has 6 nitrogen and oxygen atoms in total. The van der Waals surface area contributed by atoms with Gasteiger partial charge in [0.1, 0.15) is 12.0 Å². The van der Waals surface area contributed by atoms with Crippen LogP contribution in [0.3, 0.4) is 0 Å². The predicted octanol–water partition coefficient (Wildman–Crippen LogP) is 4.11. The van der Waals surface area contributed by atoms with E-state index in [1.807, 2.05) is 0 Å².